The molecule has 8 nitrogen and oxygen atoms in total. The largest absolute Gasteiger partial charge is 0.449 e. The number of ether oxygens (including phenoxy) is 2. The van der Waals surface area contributed by atoms with Crippen molar-refractivity contribution >= 4 is 12.4 Å². The number of amides is 1. The molecule has 2 rings (SSSR count). The molecular weight excluding hydrogens is 408 g/mol. The predicted octanol–water partition coefficient (Wildman–Crippen LogP) is 3.21. The van der Waals surface area contributed by atoms with Crippen molar-refractivity contribution in [1.82, 2.24) is 5.32 Å². The molecule has 32 heavy (non-hydrogen) atoms. The van der Waals surface area contributed by atoms with Crippen molar-refractivity contribution in [3.63, 3.8) is 0 Å². The highest BCUT2D eigenvalue weighted by Gasteiger charge is 2.51. The fourth-order valence-electron chi connectivity index (χ4n) is 4.90. The van der Waals surface area contributed by atoms with E-state index in [1.165, 1.54) is 0 Å². The highest BCUT2D eigenvalue weighted by molar-refractivity contribution is 5.68. The van der Waals surface area contributed by atoms with Gasteiger partial charge < -0.3 is 25.3 Å². The van der Waals surface area contributed by atoms with Crippen LogP contribution in [-0.2, 0) is 14.3 Å². The van der Waals surface area contributed by atoms with Crippen LogP contribution in [0.4, 0.5) is 4.79 Å². The molecule has 1 fully saturated rings. The molecule has 0 heterocycles. The summed E-state index contributed by atoms with van der Waals surface area (Å²) in [5.74, 6) is 8.04. The smallest absolute Gasteiger partial charge is 0.407 e. The SMILES string of the molecule is CCC[N+](C)(N)/C1=C(\N)CCC2C(CC1)C2COC(=O)NC(C)(C)COC(C)(C)CC=O. The number of carbonyl (C=O) groups excluding carboxylic acids is 2. The van der Waals surface area contributed by atoms with Crippen LogP contribution < -0.4 is 16.9 Å². The zero-order valence-electron chi connectivity index (χ0n) is 20.9. The van der Waals surface area contributed by atoms with Crippen LogP contribution in [0.25, 0.3) is 0 Å². The van der Waals surface area contributed by atoms with Gasteiger partial charge in [-0.05, 0) is 71.1 Å². The Morgan fingerprint density at radius 1 is 1.22 bits per heavy atom. The minimum atomic E-state index is -0.599. The third kappa shape index (κ3) is 7.46. The van der Waals surface area contributed by atoms with Gasteiger partial charge in [0.1, 0.15) is 18.5 Å². The maximum absolute atomic E-state index is 12.4. The summed E-state index contributed by atoms with van der Waals surface area (Å²) in [5.41, 5.74) is 7.36. The van der Waals surface area contributed by atoms with Crippen molar-refractivity contribution in [3.05, 3.63) is 11.4 Å². The lowest BCUT2D eigenvalue weighted by Crippen LogP contribution is -2.51. The fourth-order valence-corrected chi connectivity index (χ4v) is 4.90. The maximum atomic E-state index is 12.4. The number of allylic oxidation sites excluding steroid dienone is 2. The third-order valence-corrected chi connectivity index (χ3v) is 6.89. The monoisotopic (exact) mass is 453 g/mol. The Hall–Kier alpha value is -1.64. The number of fused-ring (bicyclic) bond motifs is 1. The highest BCUT2D eigenvalue weighted by Crippen LogP contribution is 2.54. The van der Waals surface area contributed by atoms with E-state index in [9.17, 15) is 9.59 Å². The van der Waals surface area contributed by atoms with Crippen LogP contribution >= 0.6 is 0 Å². The lowest BCUT2D eigenvalue weighted by Gasteiger charge is -2.31. The molecule has 0 saturated heterocycles. The molecule has 0 radical (unpaired) electrons. The van der Waals surface area contributed by atoms with Gasteiger partial charge >= 0.3 is 6.09 Å². The average molecular weight is 454 g/mol. The fraction of sp³-hybridized carbons (Fsp3) is 0.833. The van der Waals surface area contributed by atoms with Crippen LogP contribution in [0.1, 0.15) is 73.1 Å². The molecule has 1 amide bonds. The summed E-state index contributed by atoms with van der Waals surface area (Å²) < 4.78 is 11.8. The zero-order chi connectivity index (χ0) is 24.2. The van der Waals surface area contributed by atoms with E-state index in [2.05, 4.69) is 12.2 Å². The van der Waals surface area contributed by atoms with E-state index in [0.29, 0.717) is 42.0 Å². The molecule has 8 heteroatoms. The van der Waals surface area contributed by atoms with Gasteiger partial charge in [-0.15, -0.1) is 0 Å². The number of quaternary nitrogens is 1. The van der Waals surface area contributed by atoms with Gasteiger partial charge in [-0.1, -0.05) is 6.92 Å². The highest BCUT2D eigenvalue weighted by atomic mass is 16.6. The molecule has 4 atom stereocenters. The standard InChI is InChI=1S/C24H44N4O4/c1-7-13-28(6,26)21-11-9-18-17(8-10-20(21)25)19(18)15-31-22(30)27-23(2,3)16-32-24(4,5)12-14-29/h14,17-19H,7-13,15-16,25-26H2,1-6H3/p+1/b21-20-. The molecule has 0 spiro atoms. The molecule has 5 N–H and O–H groups in total. The van der Waals surface area contributed by atoms with E-state index in [1.54, 1.807) is 0 Å². The van der Waals surface area contributed by atoms with Crippen molar-refractivity contribution < 1.29 is 23.7 Å². The summed E-state index contributed by atoms with van der Waals surface area (Å²) in [7, 11) is 2.04. The molecule has 2 aliphatic rings. The van der Waals surface area contributed by atoms with E-state index in [1.807, 2.05) is 34.7 Å². The normalized spacial score (nSPS) is 28.0. The Bertz CT molecular complexity index is 702. The lowest BCUT2D eigenvalue weighted by atomic mass is 10.0. The molecule has 2 aliphatic carbocycles. The van der Waals surface area contributed by atoms with Crippen molar-refractivity contribution in [1.29, 1.82) is 0 Å². The van der Waals surface area contributed by atoms with E-state index in [4.69, 9.17) is 21.1 Å². The van der Waals surface area contributed by atoms with Crippen LogP contribution in [0, 0.1) is 17.8 Å². The first-order valence-electron chi connectivity index (χ1n) is 12.0. The van der Waals surface area contributed by atoms with Gasteiger partial charge in [-0.2, -0.15) is 5.84 Å². The van der Waals surface area contributed by atoms with Gasteiger partial charge in [-0.3, -0.25) is 0 Å². The Kier molecular flexibility index (Phi) is 8.76. The number of hydrogen-bond acceptors (Lipinski definition) is 6. The van der Waals surface area contributed by atoms with Crippen molar-refractivity contribution in [2.24, 2.45) is 29.3 Å². The quantitative estimate of drug-likeness (QED) is 0.191. The molecule has 0 aliphatic heterocycles. The Balaban J connectivity index is 1.81. The molecule has 0 aromatic rings. The summed E-state index contributed by atoms with van der Waals surface area (Å²) in [6.45, 7) is 11.2. The summed E-state index contributed by atoms with van der Waals surface area (Å²) in [6, 6.07) is 0. The molecule has 0 aromatic carbocycles. The van der Waals surface area contributed by atoms with Crippen LogP contribution in [-0.4, -0.2) is 54.9 Å². The van der Waals surface area contributed by atoms with Gasteiger partial charge in [0.05, 0.1) is 37.1 Å². The number of alkyl carbamates (subject to hydrolysis) is 1. The Labute approximate surface area is 193 Å². The first kappa shape index (κ1) is 26.6. The number of nitrogens with one attached hydrogen (secondary N) is 1. The minimum Gasteiger partial charge on any atom is -0.449 e. The summed E-state index contributed by atoms with van der Waals surface area (Å²) in [4.78, 5) is 23.2. The Morgan fingerprint density at radius 3 is 2.44 bits per heavy atom. The number of nitrogens with two attached hydrogens (primary N) is 2. The van der Waals surface area contributed by atoms with Gasteiger partial charge in [-0.25, -0.2) is 9.39 Å². The van der Waals surface area contributed by atoms with Gasteiger partial charge in [0.15, 0.2) is 0 Å². The Morgan fingerprint density at radius 2 is 1.84 bits per heavy atom. The second-order valence-electron chi connectivity index (χ2n) is 11.1. The van der Waals surface area contributed by atoms with E-state index >= 15 is 0 Å². The molecular formula is C24H45N4O4+. The second-order valence-corrected chi connectivity index (χ2v) is 11.1. The molecule has 0 bridgehead atoms. The van der Waals surface area contributed by atoms with Crippen molar-refractivity contribution in [3.8, 4) is 0 Å². The first-order chi connectivity index (χ1) is 14.8. The number of aldehydes is 1. The minimum absolute atomic E-state index is 0.291. The molecule has 4 unspecified atom stereocenters. The van der Waals surface area contributed by atoms with Crippen LogP contribution in [0.2, 0.25) is 0 Å². The number of hydrogen-bond donors (Lipinski definition) is 3. The maximum Gasteiger partial charge on any atom is 0.407 e. The van der Waals surface area contributed by atoms with E-state index in [-0.39, 0.29) is 0 Å². The lowest BCUT2D eigenvalue weighted by molar-refractivity contribution is -0.886. The average Bonchev–Trinajstić information content (AvgIpc) is 3.31. The van der Waals surface area contributed by atoms with Crippen LogP contribution in [0.15, 0.2) is 11.4 Å². The van der Waals surface area contributed by atoms with E-state index in [0.717, 1.165) is 56.3 Å². The topological polar surface area (TPSA) is 117 Å². The predicted molar refractivity (Wildman–Crippen MR) is 125 cm³/mol. The van der Waals surface area contributed by atoms with Crippen molar-refractivity contribution in [2.45, 2.75) is 84.3 Å². The third-order valence-electron chi connectivity index (χ3n) is 6.89. The van der Waals surface area contributed by atoms with Gasteiger partial charge in [0.25, 0.3) is 0 Å². The first-order valence-corrected chi connectivity index (χ1v) is 12.0. The number of nitrogens with zero attached hydrogens (tertiary/aromatic N) is 1. The second kappa shape index (κ2) is 10.5. The molecule has 1 saturated carbocycles. The summed E-state index contributed by atoms with van der Waals surface area (Å²) in [6.07, 6.45) is 5.55. The van der Waals surface area contributed by atoms with Gasteiger partial charge in [0, 0.05) is 12.8 Å². The molecule has 0 aromatic heterocycles. The summed E-state index contributed by atoms with van der Waals surface area (Å²) >= 11 is 0. The van der Waals surface area contributed by atoms with E-state index < -0.39 is 17.2 Å². The molecule has 184 valence electrons. The van der Waals surface area contributed by atoms with Crippen LogP contribution in [0.3, 0.4) is 0 Å². The van der Waals surface area contributed by atoms with Crippen LogP contribution in [0.5, 0.6) is 0 Å². The zero-order valence-corrected chi connectivity index (χ0v) is 20.9. The summed E-state index contributed by atoms with van der Waals surface area (Å²) in [5, 5.41) is 2.89. The van der Waals surface area contributed by atoms with Gasteiger partial charge in [0.2, 0.25) is 0 Å². The van der Waals surface area contributed by atoms with Crippen molar-refractivity contribution in [2.75, 3.05) is 26.8 Å². The number of rotatable bonds is 11. The number of carbonyl (C=O) groups is 2.